The molecule has 0 bridgehead atoms. The highest BCUT2D eigenvalue weighted by atomic mass is 16.7. The molecule has 0 radical (unpaired) electrons. The maximum absolute atomic E-state index is 10.2. The molecule has 9 atom stereocenters. The van der Waals surface area contributed by atoms with Crippen molar-refractivity contribution in [3.8, 4) is 0 Å². The lowest BCUT2D eigenvalue weighted by atomic mass is 9.76. The Hall–Kier alpha value is -0.660. The van der Waals surface area contributed by atoms with Gasteiger partial charge >= 0.3 is 0 Å². The van der Waals surface area contributed by atoms with Crippen LogP contribution in [0.5, 0.6) is 0 Å². The normalized spacial score (nSPS) is 45.1. The van der Waals surface area contributed by atoms with Crippen LogP contribution < -0.4 is 0 Å². The van der Waals surface area contributed by atoms with E-state index >= 15 is 0 Å². The molecule has 1 aliphatic carbocycles. The average molecular weight is 449 g/mol. The molecule has 0 aromatic rings. The van der Waals surface area contributed by atoms with Gasteiger partial charge in [-0.25, -0.2) is 0 Å². The number of aliphatic hydroxyl groups is 6. The highest BCUT2D eigenvalue weighted by molar-refractivity contribution is 5.18. The lowest BCUT2D eigenvalue weighted by Crippen LogP contribution is -2.59. The van der Waals surface area contributed by atoms with Crippen LogP contribution >= 0.6 is 0 Å². The predicted molar refractivity (Wildman–Crippen MR) is 107 cm³/mol. The molecule has 3 aliphatic rings. The third-order valence-electron chi connectivity index (χ3n) is 7.17. The standard InChI is InChI=1S/C21H36O10/c1-11-4-5-12(20(11,2)3)6-7-28-18-16(25)15(24)14(23)13(31-18)8-29-19-17(26)21(27,9-22)10-30-19/h4,12-19,22-27H,5-10H2,1-3H3/t12-,13+,14+,15-,16+,17-,18+,19+,21+/m0/s1. The Labute approximate surface area is 182 Å². The van der Waals surface area contributed by atoms with Gasteiger partial charge in [-0.15, -0.1) is 0 Å². The van der Waals surface area contributed by atoms with Crippen molar-refractivity contribution in [2.24, 2.45) is 11.3 Å². The molecule has 2 fully saturated rings. The SMILES string of the molecule is CC1=CC[C@@H](CCO[C@@H]2O[C@H](CO[C@@H]3OC[C@](O)(CO)[C@H]3O)[C@@H](O)[C@H](O)[C@H]2O)C1(C)C. The number of rotatable bonds is 8. The number of allylic oxidation sites excluding steroid dienone is 2. The molecule has 10 heteroatoms. The third kappa shape index (κ3) is 4.98. The summed E-state index contributed by atoms with van der Waals surface area (Å²) in [4.78, 5) is 0. The summed E-state index contributed by atoms with van der Waals surface area (Å²) in [5.74, 6) is 0.397. The smallest absolute Gasteiger partial charge is 0.186 e. The zero-order valence-electron chi connectivity index (χ0n) is 18.3. The van der Waals surface area contributed by atoms with Crippen molar-refractivity contribution in [2.45, 2.75) is 82.3 Å². The Balaban J connectivity index is 1.51. The van der Waals surface area contributed by atoms with Crippen molar-refractivity contribution in [2.75, 3.05) is 26.4 Å². The summed E-state index contributed by atoms with van der Waals surface area (Å²) in [5, 5.41) is 59.9. The molecule has 0 aromatic heterocycles. The molecular formula is C21H36O10. The molecular weight excluding hydrogens is 412 g/mol. The number of aliphatic hydroxyl groups excluding tert-OH is 5. The first-order valence-corrected chi connectivity index (χ1v) is 10.7. The fourth-order valence-electron chi connectivity index (χ4n) is 4.32. The lowest BCUT2D eigenvalue weighted by molar-refractivity contribution is -0.310. The van der Waals surface area contributed by atoms with Gasteiger partial charge in [0.15, 0.2) is 12.6 Å². The molecule has 0 saturated carbocycles. The molecule has 0 amide bonds. The lowest BCUT2D eigenvalue weighted by Gasteiger charge is -2.40. The maximum Gasteiger partial charge on any atom is 0.186 e. The van der Waals surface area contributed by atoms with Gasteiger partial charge in [-0.2, -0.15) is 0 Å². The zero-order chi connectivity index (χ0) is 23.0. The Morgan fingerprint density at radius 2 is 1.77 bits per heavy atom. The van der Waals surface area contributed by atoms with Gasteiger partial charge < -0.3 is 49.6 Å². The van der Waals surface area contributed by atoms with Gasteiger partial charge in [-0.3, -0.25) is 0 Å². The minimum atomic E-state index is -1.83. The second kappa shape index (κ2) is 9.68. The van der Waals surface area contributed by atoms with Crippen molar-refractivity contribution in [3.63, 3.8) is 0 Å². The summed E-state index contributed by atoms with van der Waals surface area (Å²) in [6, 6.07) is 0. The van der Waals surface area contributed by atoms with E-state index in [9.17, 15) is 30.6 Å². The molecule has 2 heterocycles. The van der Waals surface area contributed by atoms with E-state index < -0.39 is 55.3 Å². The van der Waals surface area contributed by atoms with Crippen LogP contribution in [0, 0.1) is 11.3 Å². The van der Waals surface area contributed by atoms with E-state index in [1.54, 1.807) is 0 Å². The number of hydrogen-bond donors (Lipinski definition) is 6. The second-order valence-corrected chi connectivity index (χ2v) is 9.43. The van der Waals surface area contributed by atoms with Crippen molar-refractivity contribution in [3.05, 3.63) is 11.6 Å². The van der Waals surface area contributed by atoms with Crippen molar-refractivity contribution in [1.82, 2.24) is 0 Å². The van der Waals surface area contributed by atoms with Gasteiger partial charge in [0.2, 0.25) is 0 Å². The van der Waals surface area contributed by atoms with Gasteiger partial charge in [0.25, 0.3) is 0 Å². The van der Waals surface area contributed by atoms with Gasteiger partial charge in [0, 0.05) is 0 Å². The topological polar surface area (TPSA) is 158 Å². The number of hydrogen-bond acceptors (Lipinski definition) is 10. The third-order valence-corrected chi connectivity index (χ3v) is 7.17. The fraction of sp³-hybridized carbons (Fsp3) is 0.905. The summed E-state index contributed by atoms with van der Waals surface area (Å²) in [7, 11) is 0. The van der Waals surface area contributed by atoms with E-state index in [0.29, 0.717) is 12.5 Å². The maximum atomic E-state index is 10.2. The molecule has 0 unspecified atom stereocenters. The van der Waals surface area contributed by atoms with Gasteiger partial charge in [-0.05, 0) is 31.1 Å². The van der Waals surface area contributed by atoms with Crippen LogP contribution in [0.25, 0.3) is 0 Å². The van der Waals surface area contributed by atoms with Crippen LogP contribution in [-0.2, 0) is 18.9 Å². The van der Waals surface area contributed by atoms with Crippen molar-refractivity contribution in [1.29, 1.82) is 0 Å². The quantitative estimate of drug-likeness (QED) is 0.245. The fourth-order valence-corrected chi connectivity index (χ4v) is 4.32. The van der Waals surface area contributed by atoms with Crippen LogP contribution in [0.3, 0.4) is 0 Å². The molecule has 180 valence electrons. The summed E-state index contributed by atoms with van der Waals surface area (Å²) in [6.45, 7) is 5.48. The van der Waals surface area contributed by atoms with Crippen molar-refractivity contribution >= 4 is 0 Å². The second-order valence-electron chi connectivity index (χ2n) is 9.43. The Bertz CT molecular complexity index is 640. The van der Waals surface area contributed by atoms with Crippen molar-refractivity contribution < 1.29 is 49.6 Å². The van der Waals surface area contributed by atoms with Crippen LogP contribution in [0.15, 0.2) is 11.6 Å². The van der Waals surface area contributed by atoms with Gasteiger partial charge in [0.1, 0.15) is 36.1 Å². The first-order chi connectivity index (χ1) is 14.5. The Morgan fingerprint density at radius 3 is 2.35 bits per heavy atom. The minimum Gasteiger partial charge on any atom is -0.393 e. The van der Waals surface area contributed by atoms with E-state index in [2.05, 4.69) is 26.8 Å². The molecule has 31 heavy (non-hydrogen) atoms. The van der Waals surface area contributed by atoms with E-state index in [-0.39, 0.29) is 18.6 Å². The van der Waals surface area contributed by atoms with Crippen LogP contribution in [0.4, 0.5) is 0 Å². The van der Waals surface area contributed by atoms with Crippen LogP contribution in [0.2, 0.25) is 0 Å². The first kappa shape index (κ1) is 25.0. The molecule has 0 spiro atoms. The Morgan fingerprint density at radius 1 is 1.06 bits per heavy atom. The largest absolute Gasteiger partial charge is 0.393 e. The molecule has 6 N–H and O–H groups in total. The van der Waals surface area contributed by atoms with E-state index in [1.807, 2.05) is 0 Å². The molecule has 3 rings (SSSR count). The molecule has 2 saturated heterocycles. The molecule has 2 aliphatic heterocycles. The van der Waals surface area contributed by atoms with Crippen LogP contribution in [-0.4, -0.2) is 106 Å². The van der Waals surface area contributed by atoms with Crippen LogP contribution in [0.1, 0.15) is 33.6 Å². The molecule has 10 nitrogen and oxygen atoms in total. The van der Waals surface area contributed by atoms with Gasteiger partial charge in [-0.1, -0.05) is 25.5 Å². The summed E-state index contributed by atoms with van der Waals surface area (Å²) in [6.07, 6.45) is -5.43. The monoisotopic (exact) mass is 448 g/mol. The Kier molecular flexibility index (Phi) is 7.80. The highest BCUT2D eigenvalue weighted by Gasteiger charge is 2.50. The minimum absolute atomic E-state index is 0.0695. The van der Waals surface area contributed by atoms with E-state index in [0.717, 1.165) is 12.8 Å². The van der Waals surface area contributed by atoms with E-state index in [1.165, 1.54) is 5.57 Å². The highest BCUT2D eigenvalue weighted by Crippen LogP contribution is 2.44. The van der Waals surface area contributed by atoms with E-state index in [4.69, 9.17) is 18.9 Å². The summed E-state index contributed by atoms with van der Waals surface area (Å²) < 4.78 is 21.9. The summed E-state index contributed by atoms with van der Waals surface area (Å²) in [5.41, 5.74) is -0.425. The average Bonchev–Trinajstić information content (AvgIpc) is 3.17. The first-order valence-electron chi connectivity index (χ1n) is 10.7. The summed E-state index contributed by atoms with van der Waals surface area (Å²) >= 11 is 0. The predicted octanol–water partition coefficient (Wildman–Crippen LogP) is -1.35. The number of ether oxygens (including phenoxy) is 4. The van der Waals surface area contributed by atoms with Gasteiger partial charge in [0.05, 0.1) is 26.4 Å². The zero-order valence-corrected chi connectivity index (χ0v) is 18.3. The molecule has 0 aromatic carbocycles.